The monoisotopic (exact) mass is 1220 g/mol. The van der Waals surface area contributed by atoms with Gasteiger partial charge < -0.3 is 49.3 Å². The van der Waals surface area contributed by atoms with Crippen molar-refractivity contribution in [1.29, 1.82) is 0 Å². The smallest absolute Gasteiger partial charge is 0.411 e. The van der Waals surface area contributed by atoms with Crippen molar-refractivity contribution in [2.75, 3.05) is 86.0 Å². The van der Waals surface area contributed by atoms with E-state index >= 15 is 0 Å². The molecule has 0 aromatic heterocycles. The average Bonchev–Trinajstić information content (AvgIpc) is 1.30. The Balaban J connectivity index is 1.01. The highest BCUT2D eigenvalue weighted by Gasteiger charge is 2.35. The lowest BCUT2D eigenvalue weighted by Crippen LogP contribution is -2.27. The number of methoxy groups -OCH3 is 2. The number of aliphatic carboxylic acids is 2. The number of Topliss-reactive ketones (excluding diaryl/α,β-unsaturated/α-hetero) is 2. The first-order valence-corrected chi connectivity index (χ1v) is 28.0. The molecule has 0 unspecified atom stereocenters. The van der Waals surface area contributed by atoms with E-state index in [-0.39, 0.29) is 82.7 Å². The van der Waals surface area contributed by atoms with Crippen LogP contribution >= 0.6 is 0 Å². The first-order valence-electron chi connectivity index (χ1n) is 25.1. The molecule has 2 aliphatic carbocycles. The first kappa shape index (κ1) is 61.6. The normalized spacial score (nSPS) is 13.7. The molecule has 0 saturated carbocycles. The molecule has 28 nitrogen and oxygen atoms in total. The van der Waals surface area contributed by atoms with Gasteiger partial charge >= 0.3 is 24.1 Å². The molecule has 0 heterocycles. The lowest BCUT2D eigenvalue weighted by Gasteiger charge is -2.19. The highest BCUT2D eigenvalue weighted by atomic mass is 32.2. The van der Waals surface area contributed by atoms with Crippen molar-refractivity contribution in [1.82, 2.24) is 0 Å². The summed E-state index contributed by atoms with van der Waals surface area (Å²) >= 11 is 0. The number of hydrogen-bond acceptors (Lipinski definition) is 22. The second-order valence-corrected chi connectivity index (χ2v) is 20.9. The summed E-state index contributed by atoms with van der Waals surface area (Å²) in [4.78, 5) is 73.6. The predicted molar refractivity (Wildman–Crippen MR) is 314 cm³/mol. The SMILES string of the molecule is COCCOC(=O)Nc1ccc(Nc2ccc3c(c2)C=C(S(=O)(=O)O)C(=NNc2ccc(-c4ccc(NN=C5C(=O)c6ccc(Nc7ccc(NC(=O)OCCOC)cc7)cc6C=C5S(=O)(=O)O)c(OCC(=O)O)c4)cc2OCC(=O)O)C3=O)cc1. The van der Waals surface area contributed by atoms with Crippen LogP contribution in [0.2, 0.25) is 0 Å². The fourth-order valence-electron chi connectivity index (χ4n) is 8.13. The summed E-state index contributed by atoms with van der Waals surface area (Å²) in [6, 6.07) is 29.8. The lowest BCUT2D eigenvalue weighted by molar-refractivity contribution is -0.140. The number of nitrogens with zero attached hydrogens (tertiary/aromatic N) is 2. The van der Waals surface area contributed by atoms with Crippen molar-refractivity contribution in [2.45, 2.75) is 0 Å². The molecule has 0 spiro atoms. The summed E-state index contributed by atoms with van der Waals surface area (Å²) in [6.07, 6.45) is 0.684. The number of benzene rings is 6. The van der Waals surface area contributed by atoms with Crippen LogP contribution < -0.4 is 41.6 Å². The minimum absolute atomic E-state index is 0.0109. The van der Waals surface area contributed by atoms with Crippen LogP contribution in [0.5, 0.6) is 11.5 Å². The van der Waals surface area contributed by atoms with Crippen molar-refractivity contribution in [3.05, 3.63) is 153 Å². The minimum atomic E-state index is -5.14. The molecule has 446 valence electrons. The van der Waals surface area contributed by atoms with E-state index in [4.69, 9.17) is 28.4 Å². The molecule has 30 heteroatoms. The van der Waals surface area contributed by atoms with E-state index in [0.717, 1.165) is 12.2 Å². The highest BCUT2D eigenvalue weighted by Crippen LogP contribution is 2.37. The summed E-state index contributed by atoms with van der Waals surface area (Å²) in [5.41, 5.74) is 6.73. The van der Waals surface area contributed by atoms with Crippen molar-refractivity contribution >= 4 is 125 Å². The Morgan fingerprint density at radius 3 is 1.19 bits per heavy atom. The Hall–Kier alpha value is -10.5. The Labute approximate surface area is 488 Å². The molecule has 2 aliphatic rings. The molecule has 0 saturated heterocycles. The maximum Gasteiger partial charge on any atom is 0.411 e. The molecule has 2 amide bonds. The molecule has 0 atom stereocenters. The van der Waals surface area contributed by atoms with Gasteiger partial charge in [0.2, 0.25) is 11.6 Å². The quantitative estimate of drug-likeness (QED) is 0.0148. The standard InChI is InChI=1S/C56H50N8O20S2/c1-79-19-21-81-55(71)59-37-9-5-35(6-10-37)57-39-13-15-41-33(23-39)27-47(85(73,74)75)51(53(41)69)63-61-43-17-3-31(25-45(43)83-29-49(65)66)32-4-18-44(46(26-32)84-30-50(67)68)62-64-52-48(86(76,77)78)28-34-24-40(14-16-42(34)54(52)70)58-36-7-11-38(12-8-36)60-56(72)82-22-20-80-2/h3-18,23-28,57-58,61-62H,19-22,29-30H2,1-2H3,(H,59,71)(H,60,72)(H,65,66)(H,67,68)(H,73,74,75)(H,76,77,78). The molecule has 6 aromatic rings. The third kappa shape index (κ3) is 16.0. The van der Waals surface area contributed by atoms with Crippen molar-refractivity contribution in [3.8, 4) is 22.6 Å². The molecule has 0 bridgehead atoms. The van der Waals surface area contributed by atoms with E-state index in [9.17, 15) is 64.9 Å². The van der Waals surface area contributed by atoms with Crippen molar-refractivity contribution < 1.29 is 93.3 Å². The van der Waals surface area contributed by atoms with Crippen LogP contribution in [0.4, 0.5) is 55.1 Å². The Kier molecular flexibility index (Phi) is 19.5. The van der Waals surface area contributed by atoms with Gasteiger partial charge in [-0.3, -0.25) is 40.2 Å². The summed E-state index contributed by atoms with van der Waals surface area (Å²) in [5, 5.41) is 38.5. The van der Waals surface area contributed by atoms with E-state index in [1.165, 1.54) is 87.0 Å². The van der Waals surface area contributed by atoms with E-state index in [1.54, 1.807) is 48.5 Å². The number of anilines is 8. The van der Waals surface area contributed by atoms with Gasteiger partial charge in [0, 0.05) is 59.5 Å². The molecule has 0 radical (unpaired) electrons. The number of amides is 2. The zero-order valence-electron chi connectivity index (χ0n) is 45.0. The number of fused-ring (bicyclic) bond motifs is 2. The molecule has 10 N–H and O–H groups in total. The van der Waals surface area contributed by atoms with Crippen molar-refractivity contribution in [3.63, 3.8) is 0 Å². The Bertz CT molecular complexity index is 3760. The van der Waals surface area contributed by atoms with Gasteiger partial charge in [0.1, 0.15) is 34.5 Å². The third-order valence-electron chi connectivity index (χ3n) is 12.1. The van der Waals surface area contributed by atoms with Gasteiger partial charge in [0.05, 0.1) is 24.6 Å². The molecule has 0 aliphatic heterocycles. The molecule has 6 aromatic carbocycles. The van der Waals surface area contributed by atoms with E-state index < -0.39 is 90.4 Å². The van der Waals surface area contributed by atoms with Crippen LogP contribution in [0.15, 0.2) is 141 Å². The number of allylic oxidation sites excluding steroid dienone is 2. The van der Waals surface area contributed by atoms with Gasteiger partial charge in [-0.25, -0.2) is 19.2 Å². The molecule has 8 rings (SSSR count). The summed E-state index contributed by atoms with van der Waals surface area (Å²) in [5.74, 6) is -5.12. The second-order valence-electron chi connectivity index (χ2n) is 18.1. The summed E-state index contributed by atoms with van der Waals surface area (Å²) in [6.45, 7) is -1.29. The highest BCUT2D eigenvalue weighted by molar-refractivity contribution is 7.91. The van der Waals surface area contributed by atoms with Crippen LogP contribution in [-0.2, 0) is 48.8 Å². The fraction of sp³-hybridized carbons (Fsp3) is 0.143. The molecule has 0 fully saturated rings. The van der Waals surface area contributed by atoms with E-state index in [0.29, 0.717) is 34.1 Å². The van der Waals surface area contributed by atoms with Crippen molar-refractivity contribution in [2.24, 2.45) is 10.2 Å². The second kappa shape index (κ2) is 27.3. The van der Waals surface area contributed by atoms with Crippen LogP contribution in [-0.4, -0.2) is 137 Å². The Morgan fingerprint density at radius 1 is 0.477 bits per heavy atom. The topological polar surface area (TPSA) is 404 Å². The molecular formula is C56H50N8O20S2. The maximum absolute atomic E-state index is 13.9. The lowest BCUT2D eigenvalue weighted by atomic mass is 9.94. The number of hydrogen-bond donors (Lipinski definition) is 10. The predicted octanol–water partition coefficient (Wildman–Crippen LogP) is 7.94. The number of carbonyl (C=O) groups excluding carboxylic acids is 4. The molecule has 86 heavy (non-hydrogen) atoms. The number of rotatable bonds is 25. The first-order chi connectivity index (χ1) is 41.1. The number of ether oxygens (including phenoxy) is 6. The number of carbonyl (C=O) groups is 6. The third-order valence-corrected chi connectivity index (χ3v) is 13.8. The van der Waals surface area contributed by atoms with Crippen LogP contribution in [0.1, 0.15) is 31.8 Å². The molecular weight excluding hydrogens is 1170 g/mol. The summed E-state index contributed by atoms with van der Waals surface area (Å²) < 4.78 is 103. The number of hydrazone groups is 2. The van der Waals surface area contributed by atoms with Gasteiger partial charge in [-0.15, -0.1) is 0 Å². The largest absolute Gasteiger partial charge is 0.480 e. The van der Waals surface area contributed by atoms with E-state index in [2.05, 4.69) is 42.3 Å². The zero-order chi connectivity index (χ0) is 61.7. The van der Waals surface area contributed by atoms with E-state index in [1.807, 2.05) is 0 Å². The van der Waals surface area contributed by atoms with Crippen LogP contribution in [0.3, 0.4) is 0 Å². The van der Waals surface area contributed by atoms with Crippen LogP contribution in [0, 0.1) is 0 Å². The average molecular weight is 1220 g/mol. The number of nitrogens with one attached hydrogen (secondary N) is 6. The van der Waals surface area contributed by atoms with Gasteiger partial charge in [-0.2, -0.15) is 27.0 Å². The van der Waals surface area contributed by atoms with Gasteiger partial charge in [-0.1, -0.05) is 12.1 Å². The Morgan fingerprint density at radius 2 is 0.837 bits per heavy atom. The van der Waals surface area contributed by atoms with Gasteiger partial charge in [-0.05, 0) is 144 Å². The fourth-order valence-corrected chi connectivity index (χ4v) is 9.44. The zero-order valence-corrected chi connectivity index (χ0v) is 46.6. The summed E-state index contributed by atoms with van der Waals surface area (Å²) in [7, 11) is -7.34. The maximum atomic E-state index is 13.9. The minimum Gasteiger partial charge on any atom is -0.480 e. The van der Waals surface area contributed by atoms with Crippen LogP contribution in [0.25, 0.3) is 23.3 Å². The number of carboxylic acid groups (broad SMARTS) is 2. The van der Waals surface area contributed by atoms with Gasteiger partial charge in [0.15, 0.2) is 24.6 Å². The number of ketones is 2. The number of carboxylic acids is 2. The van der Waals surface area contributed by atoms with Gasteiger partial charge in [0.25, 0.3) is 20.2 Å².